The Kier molecular flexibility index (Phi) is 6.43. The number of hydrogen-bond donors (Lipinski definition) is 2. The first-order chi connectivity index (χ1) is 5.29. The first kappa shape index (κ1) is 11.9. The van der Waals surface area contributed by atoms with Gasteiger partial charge in [-0.15, -0.1) is 0 Å². The molecule has 0 bridgehead atoms. The third-order valence-electron chi connectivity index (χ3n) is 0.970. The molecule has 1 rings (SSSR count). The van der Waals surface area contributed by atoms with E-state index in [1.807, 2.05) is 0 Å². The van der Waals surface area contributed by atoms with Crippen LogP contribution >= 0.6 is 11.3 Å². The van der Waals surface area contributed by atoms with Gasteiger partial charge in [-0.1, -0.05) is 6.20 Å². The van der Waals surface area contributed by atoms with Gasteiger partial charge in [0.1, 0.15) is 5.19 Å². The molecule has 4 nitrogen and oxygen atoms in total. The molecule has 0 radical (unpaired) electrons. The number of thiazole rings is 1. The van der Waals surface area contributed by atoms with Gasteiger partial charge in [0.2, 0.25) is 0 Å². The zero-order valence-corrected chi connectivity index (χ0v) is 7.54. The summed E-state index contributed by atoms with van der Waals surface area (Å²) in [4.78, 5) is 3.79. The number of aliphatic hydroxyl groups is 2. The average molecular weight is 181 g/mol. The summed E-state index contributed by atoms with van der Waals surface area (Å²) in [7, 11) is 0. The standard InChI is InChI=1S/C6H8NO3S.Li/c8-5(9)1-3-10-6-7-2-4-11-6;/h2,5,8-9H,1,3H2;/q-1;+1. The fourth-order valence-corrected chi connectivity index (χ4v) is 0.954. The molecule has 0 unspecified atom stereocenters. The quantitative estimate of drug-likeness (QED) is 0.296. The monoisotopic (exact) mass is 181 g/mol. The van der Waals surface area contributed by atoms with Crippen LogP contribution < -0.4 is 23.6 Å². The first-order valence-corrected chi connectivity index (χ1v) is 3.91. The predicted octanol–water partition coefficient (Wildman–Crippen LogP) is -2.97. The van der Waals surface area contributed by atoms with E-state index in [2.05, 4.69) is 10.4 Å². The molecule has 0 amide bonds. The molecule has 0 aliphatic carbocycles. The van der Waals surface area contributed by atoms with Crippen molar-refractivity contribution in [2.45, 2.75) is 12.7 Å². The topological polar surface area (TPSA) is 62.6 Å². The summed E-state index contributed by atoms with van der Waals surface area (Å²) in [6.45, 7) is 0.263. The van der Waals surface area contributed by atoms with E-state index in [1.54, 1.807) is 0 Å². The van der Waals surface area contributed by atoms with Crippen molar-refractivity contribution in [3.63, 3.8) is 0 Å². The molecule has 0 atom stereocenters. The van der Waals surface area contributed by atoms with Crippen LogP contribution in [-0.4, -0.2) is 28.1 Å². The molecule has 0 saturated carbocycles. The van der Waals surface area contributed by atoms with Gasteiger partial charge in [0, 0.05) is 6.42 Å². The second kappa shape index (κ2) is 6.46. The molecule has 0 fully saturated rings. The molecule has 0 spiro atoms. The van der Waals surface area contributed by atoms with Crippen LogP contribution in [-0.2, 0) is 0 Å². The molecule has 0 aliphatic heterocycles. The van der Waals surface area contributed by atoms with Crippen molar-refractivity contribution in [3.8, 4) is 5.19 Å². The van der Waals surface area contributed by atoms with Gasteiger partial charge in [-0.3, -0.25) is 11.3 Å². The number of nitrogens with zero attached hydrogens (tertiary/aromatic N) is 1. The molecular formula is C6H8LiNO3S. The van der Waals surface area contributed by atoms with Gasteiger partial charge in [0.25, 0.3) is 0 Å². The molecule has 0 saturated heterocycles. The third kappa shape index (κ3) is 4.75. The Bertz CT molecular complexity index is 193. The molecule has 1 aromatic heterocycles. The number of aromatic nitrogens is 1. The van der Waals surface area contributed by atoms with Crippen LogP contribution in [0.5, 0.6) is 5.19 Å². The van der Waals surface area contributed by atoms with Gasteiger partial charge in [-0.05, 0) is 0 Å². The predicted molar refractivity (Wildman–Crippen MR) is 39.3 cm³/mol. The van der Waals surface area contributed by atoms with Crippen molar-refractivity contribution in [1.29, 1.82) is 0 Å². The maximum Gasteiger partial charge on any atom is 1.00 e. The fourth-order valence-electron chi connectivity index (χ4n) is 0.501. The Morgan fingerprint density at radius 3 is 2.92 bits per heavy atom. The van der Waals surface area contributed by atoms with Gasteiger partial charge in [0.15, 0.2) is 6.29 Å². The number of hydrogen-bond acceptors (Lipinski definition) is 5. The van der Waals surface area contributed by atoms with Crippen molar-refractivity contribution in [1.82, 2.24) is 4.98 Å². The van der Waals surface area contributed by atoms with Gasteiger partial charge in [-0.25, -0.2) is 0 Å². The Labute approximate surface area is 86.4 Å². The van der Waals surface area contributed by atoms with E-state index in [4.69, 9.17) is 14.9 Å². The SMILES string of the molecule is OC(O)CCOc1nc[c-]s1.[Li+]. The summed E-state index contributed by atoms with van der Waals surface area (Å²) in [6.07, 6.45) is 0.397. The van der Waals surface area contributed by atoms with E-state index < -0.39 is 6.29 Å². The zero-order chi connectivity index (χ0) is 8.10. The summed E-state index contributed by atoms with van der Waals surface area (Å²) < 4.78 is 5.01. The molecule has 0 aromatic carbocycles. The maximum atomic E-state index is 8.43. The van der Waals surface area contributed by atoms with Gasteiger partial charge in [0.05, 0.1) is 6.61 Å². The molecule has 0 aliphatic rings. The molecule has 6 heteroatoms. The van der Waals surface area contributed by atoms with Crippen LogP contribution in [0, 0.1) is 5.38 Å². The summed E-state index contributed by atoms with van der Waals surface area (Å²) >= 11 is 1.25. The molecule has 1 aromatic rings. The van der Waals surface area contributed by atoms with E-state index in [0.717, 1.165) is 0 Å². The summed E-state index contributed by atoms with van der Waals surface area (Å²) in [5, 5.41) is 20.1. The molecule has 62 valence electrons. The normalized spacial score (nSPS) is 9.58. The minimum absolute atomic E-state index is 0. The summed E-state index contributed by atoms with van der Waals surface area (Å²) in [5.74, 6) is 0. The van der Waals surface area contributed by atoms with E-state index >= 15 is 0 Å². The summed E-state index contributed by atoms with van der Waals surface area (Å²) in [6, 6.07) is 0. The molecular weight excluding hydrogens is 173 g/mol. The first-order valence-electron chi connectivity index (χ1n) is 3.10. The third-order valence-corrected chi connectivity index (χ3v) is 1.59. The van der Waals surface area contributed by atoms with E-state index in [-0.39, 0.29) is 31.9 Å². The Morgan fingerprint density at radius 1 is 1.67 bits per heavy atom. The van der Waals surface area contributed by atoms with Crippen LogP contribution in [0.2, 0.25) is 0 Å². The molecule has 2 N–H and O–H groups in total. The van der Waals surface area contributed by atoms with Crippen molar-refractivity contribution in [3.05, 3.63) is 11.6 Å². The van der Waals surface area contributed by atoms with Crippen molar-refractivity contribution in [2.75, 3.05) is 6.61 Å². The number of aliphatic hydroxyl groups excluding tert-OH is 1. The van der Waals surface area contributed by atoms with Crippen LogP contribution in [0.3, 0.4) is 0 Å². The Morgan fingerprint density at radius 2 is 2.42 bits per heavy atom. The van der Waals surface area contributed by atoms with Gasteiger partial charge >= 0.3 is 18.9 Å². The fraction of sp³-hybridized carbons (Fsp3) is 0.500. The van der Waals surface area contributed by atoms with Crippen LogP contribution in [0.25, 0.3) is 0 Å². The minimum atomic E-state index is -1.31. The van der Waals surface area contributed by atoms with E-state index in [1.165, 1.54) is 17.5 Å². The van der Waals surface area contributed by atoms with Crippen LogP contribution in [0.15, 0.2) is 6.20 Å². The number of ether oxygens (including phenoxy) is 1. The van der Waals surface area contributed by atoms with Crippen molar-refractivity contribution >= 4 is 11.3 Å². The summed E-state index contributed by atoms with van der Waals surface area (Å²) in [5.41, 5.74) is 0. The van der Waals surface area contributed by atoms with Crippen molar-refractivity contribution < 1.29 is 33.8 Å². The van der Waals surface area contributed by atoms with Crippen LogP contribution in [0.4, 0.5) is 0 Å². The minimum Gasteiger partial charge on any atom is -0.554 e. The Hall–Kier alpha value is -0.0526. The number of rotatable bonds is 4. The molecule has 12 heavy (non-hydrogen) atoms. The second-order valence-corrected chi connectivity index (χ2v) is 2.65. The van der Waals surface area contributed by atoms with Crippen molar-refractivity contribution in [2.24, 2.45) is 0 Å². The smallest absolute Gasteiger partial charge is 0.554 e. The van der Waals surface area contributed by atoms with E-state index in [9.17, 15) is 0 Å². The van der Waals surface area contributed by atoms with E-state index in [0.29, 0.717) is 5.19 Å². The Balaban J connectivity index is 0.00000121. The maximum absolute atomic E-state index is 8.43. The molecule has 1 heterocycles. The largest absolute Gasteiger partial charge is 1.00 e. The van der Waals surface area contributed by atoms with Crippen LogP contribution in [0.1, 0.15) is 6.42 Å². The average Bonchev–Trinajstić information content (AvgIpc) is 2.39. The zero-order valence-electron chi connectivity index (χ0n) is 6.73. The van der Waals surface area contributed by atoms with Gasteiger partial charge < -0.3 is 19.9 Å². The van der Waals surface area contributed by atoms with Gasteiger partial charge in [-0.2, -0.15) is 5.38 Å². The second-order valence-electron chi connectivity index (χ2n) is 1.86.